The summed E-state index contributed by atoms with van der Waals surface area (Å²) in [4.78, 5) is 37.4. The zero-order chi connectivity index (χ0) is 29.0. The van der Waals surface area contributed by atoms with Crippen molar-refractivity contribution in [3.8, 4) is 5.75 Å². The van der Waals surface area contributed by atoms with E-state index in [1.165, 1.54) is 38.5 Å². The molecule has 0 radical (unpaired) electrons. The first-order chi connectivity index (χ1) is 19.0. The summed E-state index contributed by atoms with van der Waals surface area (Å²) in [6, 6.07) is 6.44. The monoisotopic (exact) mass is 562 g/mol. The summed E-state index contributed by atoms with van der Waals surface area (Å²) in [5, 5.41) is 0.314. The van der Waals surface area contributed by atoms with E-state index < -0.39 is 53.5 Å². The highest BCUT2D eigenvalue weighted by Gasteiger charge is 2.66. The molecule has 212 valence electrons. The number of carbonyl (C=O) groups is 3. The maximum atomic E-state index is 14.6. The maximum Gasteiger partial charge on any atom is 0.432 e. The molecule has 1 aromatic heterocycles. The topological polar surface area (TPSA) is 114 Å². The van der Waals surface area contributed by atoms with Crippen molar-refractivity contribution < 1.29 is 55.7 Å². The van der Waals surface area contributed by atoms with Crippen LogP contribution < -0.4 is 4.74 Å². The van der Waals surface area contributed by atoms with Crippen LogP contribution in [0.3, 0.4) is 0 Å². The lowest BCUT2D eigenvalue weighted by atomic mass is 9.77. The van der Waals surface area contributed by atoms with Crippen molar-refractivity contribution in [1.29, 1.82) is 0 Å². The van der Waals surface area contributed by atoms with Crippen LogP contribution in [0.2, 0.25) is 0 Å². The number of hydrogen-bond acceptors (Lipinski definition) is 9. The third-order valence-electron chi connectivity index (χ3n) is 7.42. The molecule has 1 saturated heterocycles. The minimum atomic E-state index is -5.19. The van der Waals surface area contributed by atoms with Crippen LogP contribution in [-0.4, -0.2) is 50.8 Å². The summed E-state index contributed by atoms with van der Waals surface area (Å²) in [7, 11) is 2.09. The summed E-state index contributed by atoms with van der Waals surface area (Å²) in [5.74, 6) is -2.63. The van der Waals surface area contributed by atoms with E-state index in [0.29, 0.717) is 22.8 Å². The third kappa shape index (κ3) is 4.05. The standard InChI is InChI=1S/C28H25F3O9/c1-13-18-17(10-32)19-15(11-37-14(2)33)12-38-23(19)22(35-3)20(18)24(25-21(13)39-25)40-26(34)27(36-4,28(29,30)31)16-8-6-5-7-9-16/h5-10,12-13,21,24-25H,11H2,1-4H3/t13-,21+,24-,25+,27-/m1/s1. The molecule has 0 saturated carbocycles. The first kappa shape index (κ1) is 27.7. The number of hydrogen-bond donors (Lipinski definition) is 0. The van der Waals surface area contributed by atoms with Gasteiger partial charge in [-0.3, -0.25) is 9.59 Å². The van der Waals surface area contributed by atoms with Crippen molar-refractivity contribution in [2.45, 2.75) is 56.5 Å². The molecule has 2 heterocycles. The molecule has 1 aliphatic heterocycles. The molecule has 5 atom stereocenters. The first-order valence-electron chi connectivity index (χ1n) is 12.3. The Kier molecular flexibility index (Phi) is 6.87. The normalized spacial score (nSPS) is 23.0. The number of fused-ring (bicyclic) bond motifs is 3. The lowest BCUT2D eigenvalue weighted by Gasteiger charge is -2.35. The molecule has 3 aromatic rings. The Bertz CT molecular complexity index is 1480. The zero-order valence-corrected chi connectivity index (χ0v) is 21.9. The van der Waals surface area contributed by atoms with E-state index in [9.17, 15) is 27.6 Å². The van der Waals surface area contributed by atoms with Gasteiger partial charge in [-0.1, -0.05) is 37.3 Å². The summed E-state index contributed by atoms with van der Waals surface area (Å²) >= 11 is 0. The van der Waals surface area contributed by atoms with Crippen molar-refractivity contribution in [1.82, 2.24) is 0 Å². The number of rotatable bonds is 8. The summed E-state index contributed by atoms with van der Waals surface area (Å²) < 4.78 is 76.4. The highest BCUT2D eigenvalue weighted by Crippen LogP contribution is 2.57. The minimum absolute atomic E-state index is 0.0537. The van der Waals surface area contributed by atoms with Crippen LogP contribution in [0, 0.1) is 0 Å². The zero-order valence-electron chi connectivity index (χ0n) is 21.9. The van der Waals surface area contributed by atoms with Crippen molar-refractivity contribution in [3.63, 3.8) is 0 Å². The number of esters is 2. The predicted molar refractivity (Wildman–Crippen MR) is 131 cm³/mol. The fraction of sp³-hybridized carbons (Fsp3) is 0.393. The first-order valence-corrected chi connectivity index (χ1v) is 12.3. The number of halogens is 3. The van der Waals surface area contributed by atoms with Gasteiger partial charge in [0.2, 0.25) is 0 Å². The number of carbonyl (C=O) groups excluding carboxylic acids is 3. The molecular weight excluding hydrogens is 537 g/mol. The van der Waals surface area contributed by atoms with Gasteiger partial charge in [0, 0.05) is 47.6 Å². The van der Waals surface area contributed by atoms with Gasteiger partial charge in [-0.2, -0.15) is 13.2 Å². The second kappa shape index (κ2) is 9.93. The second-order valence-corrected chi connectivity index (χ2v) is 9.57. The lowest BCUT2D eigenvalue weighted by Crippen LogP contribution is -2.52. The smallest absolute Gasteiger partial charge is 0.432 e. The Morgan fingerprint density at radius 3 is 2.35 bits per heavy atom. The van der Waals surface area contributed by atoms with E-state index >= 15 is 0 Å². The molecule has 9 nitrogen and oxygen atoms in total. The van der Waals surface area contributed by atoms with Crippen LogP contribution in [0.25, 0.3) is 11.0 Å². The molecule has 0 spiro atoms. The number of alkyl halides is 3. The van der Waals surface area contributed by atoms with Gasteiger partial charge >= 0.3 is 18.1 Å². The molecular formula is C28H25F3O9. The summed E-state index contributed by atoms with van der Waals surface area (Å²) in [6.07, 6.45) is -6.05. The molecule has 0 bridgehead atoms. The number of epoxide rings is 1. The highest BCUT2D eigenvalue weighted by molar-refractivity contribution is 6.03. The van der Waals surface area contributed by atoms with Crippen LogP contribution in [0.4, 0.5) is 13.2 Å². The molecule has 0 N–H and O–H groups in total. The van der Waals surface area contributed by atoms with Gasteiger partial charge in [0.15, 0.2) is 23.7 Å². The van der Waals surface area contributed by atoms with Crippen LogP contribution in [0.5, 0.6) is 5.75 Å². The van der Waals surface area contributed by atoms with Gasteiger partial charge in [0.05, 0.1) is 19.5 Å². The number of ether oxygens (including phenoxy) is 5. The summed E-state index contributed by atoms with van der Waals surface area (Å²) in [6.45, 7) is 2.82. The Labute approximate surface area is 226 Å². The number of aldehydes is 1. The molecule has 2 aromatic carbocycles. The van der Waals surface area contributed by atoms with E-state index in [2.05, 4.69) is 0 Å². The van der Waals surface area contributed by atoms with E-state index in [-0.39, 0.29) is 29.1 Å². The fourth-order valence-corrected chi connectivity index (χ4v) is 5.59. The van der Waals surface area contributed by atoms with E-state index in [1.807, 2.05) is 0 Å². The number of benzene rings is 2. The SMILES string of the molecule is COc1c2c(c(C=O)c3c(COC(C)=O)coc13)[C@@H](C)[C@@H]1O[C@@H]1[C@@H]2OC(=O)[C@](OC)(c1ccccc1)C(F)(F)F. The Morgan fingerprint density at radius 1 is 1.07 bits per heavy atom. The third-order valence-corrected chi connectivity index (χ3v) is 7.42. The Balaban J connectivity index is 1.68. The lowest BCUT2D eigenvalue weighted by molar-refractivity contribution is -0.278. The van der Waals surface area contributed by atoms with Crippen molar-refractivity contribution in [2.24, 2.45) is 0 Å². The van der Waals surface area contributed by atoms with Gasteiger partial charge in [-0.15, -0.1) is 0 Å². The van der Waals surface area contributed by atoms with Gasteiger partial charge in [0.1, 0.15) is 12.7 Å². The molecule has 0 amide bonds. The minimum Gasteiger partial charge on any atom is -0.492 e. The predicted octanol–water partition coefficient (Wildman–Crippen LogP) is 4.89. The quantitative estimate of drug-likeness (QED) is 0.215. The van der Waals surface area contributed by atoms with Crippen molar-refractivity contribution in [2.75, 3.05) is 14.2 Å². The van der Waals surface area contributed by atoms with Gasteiger partial charge in [0.25, 0.3) is 5.60 Å². The second-order valence-electron chi connectivity index (χ2n) is 9.57. The number of methoxy groups -OCH3 is 2. The van der Waals surface area contributed by atoms with Crippen LogP contribution in [-0.2, 0) is 40.7 Å². The summed E-state index contributed by atoms with van der Waals surface area (Å²) in [5.41, 5.74) is -2.77. The molecule has 0 unspecified atom stereocenters. The van der Waals surface area contributed by atoms with Crippen LogP contribution in [0.15, 0.2) is 41.0 Å². The van der Waals surface area contributed by atoms with Crippen LogP contribution >= 0.6 is 0 Å². The van der Waals surface area contributed by atoms with Gasteiger partial charge in [-0.05, 0) is 5.56 Å². The highest BCUT2D eigenvalue weighted by atomic mass is 19.4. The van der Waals surface area contributed by atoms with E-state index in [1.54, 1.807) is 6.92 Å². The molecule has 5 rings (SSSR count). The molecule has 12 heteroatoms. The molecule has 40 heavy (non-hydrogen) atoms. The molecule has 1 fully saturated rings. The van der Waals surface area contributed by atoms with Gasteiger partial charge in [-0.25, -0.2) is 4.79 Å². The van der Waals surface area contributed by atoms with E-state index in [0.717, 1.165) is 19.2 Å². The fourth-order valence-electron chi connectivity index (χ4n) is 5.59. The van der Waals surface area contributed by atoms with E-state index in [4.69, 9.17) is 28.1 Å². The maximum absolute atomic E-state index is 14.6. The Morgan fingerprint density at radius 2 is 1.77 bits per heavy atom. The Hall–Kier alpha value is -3.90. The number of furan rings is 1. The average Bonchev–Trinajstić information content (AvgIpc) is 3.62. The molecule has 1 aliphatic carbocycles. The largest absolute Gasteiger partial charge is 0.492 e. The average molecular weight is 562 g/mol. The van der Waals surface area contributed by atoms with Gasteiger partial charge < -0.3 is 28.1 Å². The van der Waals surface area contributed by atoms with Crippen molar-refractivity contribution in [3.05, 3.63) is 64.4 Å². The van der Waals surface area contributed by atoms with Crippen LogP contribution in [0.1, 0.15) is 58.5 Å². The molecule has 2 aliphatic rings. The van der Waals surface area contributed by atoms with Crippen molar-refractivity contribution >= 4 is 29.2 Å².